The molecule has 2 nitrogen and oxygen atoms in total. The van der Waals surface area contributed by atoms with Crippen LogP contribution in [0, 0.1) is 0 Å². The summed E-state index contributed by atoms with van der Waals surface area (Å²) in [6.07, 6.45) is 2.51. The standard InChI is InChI=1S/C13H18O2/c1-3-7-11-8-5-6-9-12(11)10-13(14)15-4-2/h5-6,8-9H,3-4,7,10H2,1-2H3. The Labute approximate surface area is 91.3 Å². The highest BCUT2D eigenvalue weighted by Crippen LogP contribution is 2.12. The van der Waals surface area contributed by atoms with Crippen molar-refractivity contribution < 1.29 is 9.53 Å². The van der Waals surface area contributed by atoms with Gasteiger partial charge in [-0.3, -0.25) is 4.79 Å². The third-order valence-electron chi connectivity index (χ3n) is 2.28. The van der Waals surface area contributed by atoms with Gasteiger partial charge < -0.3 is 4.74 Å². The first-order valence-electron chi connectivity index (χ1n) is 5.50. The monoisotopic (exact) mass is 206 g/mol. The lowest BCUT2D eigenvalue weighted by molar-refractivity contribution is -0.142. The maximum absolute atomic E-state index is 11.3. The van der Waals surface area contributed by atoms with E-state index in [2.05, 4.69) is 13.0 Å². The Morgan fingerprint density at radius 1 is 1.20 bits per heavy atom. The summed E-state index contributed by atoms with van der Waals surface area (Å²) in [6, 6.07) is 8.06. The number of carbonyl (C=O) groups excluding carboxylic acids is 1. The van der Waals surface area contributed by atoms with Crippen molar-refractivity contribution in [2.75, 3.05) is 6.61 Å². The molecule has 0 radical (unpaired) electrons. The minimum Gasteiger partial charge on any atom is -0.466 e. The minimum absolute atomic E-state index is 0.138. The number of carbonyl (C=O) groups is 1. The molecule has 2 heteroatoms. The molecule has 82 valence electrons. The predicted octanol–water partition coefficient (Wildman–Crippen LogP) is 2.74. The van der Waals surface area contributed by atoms with E-state index in [1.54, 1.807) is 0 Å². The maximum Gasteiger partial charge on any atom is 0.310 e. The second kappa shape index (κ2) is 6.23. The van der Waals surface area contributed by atoms with Crippen LogP contribution in [0.4, 0.5) is 0 Å². The minimum atomic E-state index is -0.138. The van der Waals surface area contributed by atoms with Crippen molar-refractivity contribution in [2.24, 2.45) is 0 Å². The van der Waals surface area contributed by atoms with Gasteiger partial charge in [-0.2, -0.15) is 0 Å². The number of hydrogen-bond acceptors (Lipinski definition) is 2. The molecule has 0 atom stereocenters. The molecule has 0 fully saturated rings. The highest BCUT2D eigenvalue weighted by Gasteiger charge is 2.07. The van der Waals surface area contributed by atoms with Gasteiger partial charge in [-0.25, -0.2) is 0 Å². The van der Waals surface area contributed by atoms with Crippen LogP contribution in [0.1, 0.15) is 31.4 Å². The van der Waals surface area contributed by atoms with E-state index in [-0.39, 0.29) is 5.97 Å². The van der Waals surface area contributed by atoms with E-state index in [9.17, 15) is 4.79 Å². The molecule has 0 aliphatic heterocycles. The van der Waals surface area contributed by atoms with Gasteiger partial charge in [0.2, 0.25) is 0 Å². The molecular weight excluding hydrogens is 188 g/mol. The molecule has 0 aliphatic rings. The average molecular weight is 206 g/mol. The van der Waals surface area contributed by atoms with Gasteiger partial charge in [-0.1, -0.05) is 37.6 Å². The normalized spacial score (nSPS) is 10.0. The molecule has 0 unspecified atom stereocenters. The number of esters is 1. The molecule has 0 aliphatic carbocycles. The Hall–Kier alpha value is -1.31. The highest BCUT2D eigenvalue weighted by atomic mass is 16.5. The maximum atomic E-state index is 11.3. The van der Waals surface area contributed by atoms with Crippen molar-refractivity contribution in [2.45, 2.75) is 33.1 Å². The van der Waals surface area contributed by atoms with Crippen molar-refractivity contribution in [1.82, 2.24) is 0 Å². The van der Waals surface area contributed by atoms with Crippen LogP contribution in [-0.2, 0) is 22.4 Å². The lowest BCUT2D eigenvalue weighted by atomic mass is 10.0. The summed E-state index contributed by atoms with van der Waals surface area (Å²) in [7, 11) is 0. The average Bonchev–Trinajstić information content (AvgIpc) is 2.21. The second-order valence-corrected chi connectivity index (χ2v) is 3.50. The van der Waals surface area contributed by atoms with E-state index in [0.717, 1.165) is 18.4 Å². The van der Waals surface area contributed by atoms with E-state index in [0.29, 0.717) is 13.0 Å². The molecule has 0 bridgehead atoms. The third kappa shape index (κ3) is 3.74. The quantitative estimate of drug-likeness (QED) is 0.692. The number of hydrogen-bond donors (Lipinski definition) is 0. The van der Waals surface area contributed by atoms with Gasteiger partial charge in [-0.15, -0.1) is 0 Å². The number of benzene rings is 1. The van der Waals surface area contributed by atoms with Crippen molar-refractivity contribution in [1.29, 1.82) is 0 Å². The van der Waals surface area contributed by atoms with E-state index >= 15 is 0 Å². The molecular formula is C13H18O2. The van der Waals surface area contributed by atoms with Gasteiger partial charge in [0.1, 0.15) is 0 Å². The smallest absolute Gasteiger partial charge is 0.310 e. The number of ether oxygens (including phenoxy) is 1. The first-order chi connectivity index (χ1) is 7.27. The van der Waals surface area contributed by atoms with Crippen LogP contribution in [0.5, 0.6) is 0 Å². The summed E-state index contributed by atoms with van der Waals surface area (Å²) < 4.78 is 4.94. The molecule has 0 aromatic heterocycles. The lowest BCUT2D eigenvalue weighted by Crippen LogP contribution is -2.09. The van der Waals surface area contributed by atoms with Crippen molar-refractivity contribution >= 4 is 5.97 Å². The van der Waals surface area contributed by atoms with Crippen LogP contribution in [0.2, 0.25) is 0 Å². The van der Waals surface area contributed by atoms with Crippen LogP contribution in [-0.4, -0.2) is 12.6 Å². The summed E-state index contributed by atoms with van der Waals surface area (Å²) >= 11 is 0. The Balaban J connectivity index is 2.70. The van der Waals surface area contributed by atoms with Crippen LogP contribution in [0.3, 0.4) is 0 Å². The fourth-order valence-corrected chi connectivity index (χ4v) is 1.61. The number of aryl methyl sites for hydroxylation is 1. The molecule has 0 saturated carbocycles. The molecule has 0 N–H and O–H groups in total. The first kappa shape index (κ1) is 11.8. The second-order valence-electron chi connectivity index (χ2n) is 3.50. The van der Waals surface area contributed by atoms with E-state index in [1.807, 2.05) is 25.1 Å². The molecule has 0 spiro atoms. The third-order valence-corrected chi connectivity index (χ3v) is 2.28. The first-order valence-corrected chi connectivity index (χ1v) is 5.50. The molecule has 1 rings (SSSR count). The highest BCUT2D eigenvalue weighted by molar-refractivity contribution is 5.73. The van der Waals surface area contributed by atoms with Crippen LogP contribution >= 0.6 is 0 Å². The largest absolute Gasteiger partial charge is 0.466 e. The summed E-state index contributed by atoms with van der Waals surface area (Å²) in [4.78, 5) is 11.3. The number of rotatable bonds is 5. The Morgan fingerprint density at radius 2 is 1.87 bits per heavy atom. The summed E-state index contributed by atoms with van der Waals surface area (Å²) in [6.45, 7) is 4.42. The van der Waals surface area contributed by atoms with E-state index < -0.39 is 0 Å². The fraction of sp³-hybridized carbons (Fsp3) is 0.462. The van der Waals surface area contributed by atoms with Crippen LogP contribution in [0.25, 0.3) is 0 Å². The molecule has 0 amide bonds. The predicted molar refractivity (Wildman–Crippen MR) is 60.8 cm³/mol. The molecule has 0 heterocycles. The van der Waals surface area contributed by atoms with Gasteiger partial charge in [-0.05, 0) is 24.5 Å². The fourth-order valence-electron chi connectivity index (χ4n) is 1.61. The van der Waals surface area contributed by atoms with E-state index in [1.165, 1.54) is 5.56 Å². The summed E-state index contributed by atoms with van der Waals surface area (Å²) in [5, 5.41) is 0. The zero-order valence-electron chi connectivity index (χ0n) is 9.45. The van der Waals surface area contributed by atoms with Crippen molar-refractivity contribution in [3.63, 3.8) is 0 Å². The summed E-state index contributed by atoms with van der Waals surface area (Å²) in [5.41, 5.74) is 2.35. The van der Waals surface area contributed by atoms with Gasteiger partial charge >= 0.3 is 5.97 Å². The Kier molecular flexibility index (Phi) is 4.88. The van der Waals surface area contributed by atoms with Crippen LogP contribution in [0.15, 0.2) is 24.3 Å². The zero-order valence-corrected chi connectivity index (χ0v) is 9.45. The Bertz CT molecular complexity index is 318. The van der Waals surface area contributed by atoms with Crippen molar-refractivity contribution in [3.05, 3.63) is 35.4 Å². The molecule has 1 aromatic carbocycles. The van der Waals surface area contributed by atoms with E-state index in [4.69, 9.17) is 4.74 Å². The zero-order chi connectivity index (χ0) is 11.1. The van der Waals surface area contributed by atoms with Gasteiger partial charge in [0, 0.05) is 0 Å². The van der Waals surface area contributed by atoms with Crippen LogP contribution < -0.4 is 0 Å². The van der Waals surface area contributed by atoms with Crippen molar-refractivity contribution in [3.8, 4) is 0 Å². The molecule has 15 heavy (non-hydrogen) atoms. The van der Waals surface area contributed by atoms with Gasteiger partial charge in [0.15, 0.2) is 0 Å². The SMILES string of the molecule is CCCc1ccccc1CC(=O)OCC. The summed E-state index contributed by atoms with van der Waals surface area (Å²) in [5.74, 6) is -0.138. The topological polar surface area (TPSA) is 26.3 Å². The van der Waals surface area contributed by atoms with Gasteiger partial charge in [0.25, 0.3) is 0 Å². The van der Waals surface area contributed by atoms with Gasteiger partial charge in [0.05, 0.1) is 13.0 Å². The molecule has 1 aromatic rings. The Morgan fingerprint density at radius 3 is 2.47 bits per heavy atom. The lowest BCUT2D eigenvalue weighted by Gasteiger charge is -2.07. The molecule has 0 saturated heterocycles.